The molecule has 6 heteroatoms. The first kappa shape index (κ1) is 16.5. The Labute approximate surface area is 123 Å². The van der Waals surface area contributed by atoms with Gasteiger partial charge in [-0.3, -0.25) is 4.79 Å². The second kappa shape index (κ2) is 9.34. The molecular formula is C14H17ClN2O3. The number of benzene rings is 1. The number of nitrogens with two attached hydrogens (primary N) is 1. The van der Waals surface area contributed by atoms with Gasteiger partial charge in [-0.1, -0.05) is 23.4 Å². The summed E-state index contributed by atoms with van der Waals surface area (Å²) in [5.74, 6) is 5.32. The van der Waals surface area contributed by atoms with Gasteiger partial charge in [0, 0.05) is 12.7 Å². The van der Waals surface area contributed by atoms with Gasteiger partial charge in [0.25, 0.3) is 0 Å². The van der Waals surface area contributed by atoms with Crippen LogP contribution in [0.3, 0.4) is 0 Å². The van der Waals surface area contributed by atoms with Crippen LogP contribution in [0.2, 0.25) is 5.02 Å². The minimum atomic E-state index is -0.285. The summed E-state index contributed by atoms with van der Waals surface area (Å²) < 4.78 is 9.93. The largest absolute Gasteiger partial charge is 0.382 e. The summed E-state index contributed by atoms with van der Waals surface area (Å²) in [7, 11) is 1.57. The van der Waals surface area contributed by atoms with Crippen LogP contribution < -0.4 is 11.1 Å². The highest BCUT2D eigenvalue weighted by atomic mass is 35.5. The smallest absolute Gasteiger partial charge is 0.250 e. The lowest BCUT2D eigenvalue weighted by molar-refractivity contribution is -0.121. The van der Waals surface area contributed by atoms with Gasteiger partial charge in [-0.2, -0.15) is 0 Å². The van der Waals surface area contributed by atoms with Gasteiger partial charge >= 0.3 is 0 Å². The van der Waals surface area contributed by atoms with Crippen molar-refractivity contribution in [2.45, 2.75) is 0 Å². The van der Waals surface area contributed by atoms with E-state index in [4.69, 9.17) is 26.8 Å². The molecular weight excluding hydrogens is 280 g/mol. The molecule has 0 saturated heterocycles. The van der Waals surface area contributed by atoms with Crippen molar-refractivity contribution in [2.75, 3.05) is 38.8 Å². The summed E-state index contributed by atoms with van der Waals surface area (Å²) >= 11 is 6.01. The molecule has 1 aromatic carbocycles. The predicted molar refractivity (Wildman–Crippen MR) is 78.7 cm³/mol. The number of halogens is 1. The standard InChI is InChI=1S/C14H17ClN2O3/c1-19-7-8-20-10-14(18)17-13-9-11(3-2-6-16)4-5-12(13)15/h4-5,9H,6-8,10,16H2,1H3,(H,17,18). The second-order valence-electron chi connectivity index (χ2n) is 3.79. The van der Waals surface area contributed by atoms with E-state index in [1.54, 1.807) is 25.3 Å². The number of hydrogen-bond donors (Lipinski definition) is 2. The predicted octanol–water partition coefficient (Wildman–Crippen LogP) is 1.25. The maximum Gasteiger partial charge on any atom is 0.250 e. The zero-order chi connectivity index (χ0) is 14.8. The zero-order valence-electron chi connectivity index (χ0n) is 11.2. The number of carbonyl (C=O) groups excluding carboxylic acids is 1. The van der Waals surface area contributed by atoms with Crippen LogP contribution in [-0.2, 0) is 14.3 Å². The summed E-state index contributed by atoms with van der Waals surface area (Å²) in [4.78, 5) is 11.7. The summed E-state index contributed by atoms with van der Waals surface area (Å²) in [5, 5.41) is 3.11. The molecule has 5 nitrogen and oxygen atoms in total. The van der Waals surface area contributed by atoms with E-state index >= 15 is 0 Å². The van der Waals surface area contributed by atoms with Crippen LogP contribution in [0.25, 0.3) is 0 Å². The number of amides is 1. The van der Waals surface area contributed by atoms with Crippen molar-refractivity contribution in [3.63, 3.8) is 0 Å². The quantitative estimate of drug-likeness (QED) is 0.612. The fourth-order valence-electron chi connectivity index (χ4n) is 1.35. The Bertz CT molecular complexity index is 509. The lowest BCUT2D eigenvalue weighted by Crippen LogP contribution is -2.19. The molecule has 1 amide bonds. The van der Waals surface area contributed by atoms with E-state index in [2.05, 4.69) is 17.2 Å². The Morgan fingerprint density at radius 2 is 2.25 bits per heavy atom. The Kier molecular flexibility index (Phi) is 7.70. The zero-order valence-corrected chi connectivity index (χ0v) is 12.0. The van der Waals surface area contributed by atoms with E-state index in [0.29, 0.717) is 23.9 Å². The van der Waals surface area contributed by atoms with Gasteiger partial charge in [0.2, 0.25) is 5.91 Å². The van der Waals surface area contributed by atoms with E-state index in [1.165, 1.54) is 0 Å². The van der Waals surface area contributed by atoms with Gasteiger partial charge in [0.15, 0.2) is 0 Å². The molecule has 108 valence electrons. The number of ether oxygens (including phenoxy) is 2. The molecule has 20 heavy (non-hydrogen) atoms. The molecule has 0 unspecified atom stereocenters. The number of carbonyl (C=O) groups is 1. The van der Waals surface area contributed by atoms with Gasteiger partial charge in [-0.25, -0.2) is 0 Å². The normalized spacial score (nSPS) is 9.75. The first-order valence-electron chi connectivity index (χ1n) is 6.02. The average Bonchev–Trinajstić information content (AvgIpc) is 2.44. The molecule has 0 radical (unpaired) electrons. The molecule has 0 spiro atoms. The third-order valence-electron chi connectivity index (χ3n) is 2.24. The van der Waals surface area contributed by atoms with Crippen LogP contribution in [0, 0.1) is 11.8 Å². The third kappa shape index (κ3) is 6.04. The molecule has 0 aliphatic heterocycles. The molecule has 0 aromatic heterocycles. The number of nitrogens with one attached hydrogen (secondary N) is 1. The van der Waals surface area contributed by atoms with E-state index in [1.807, 2.05) is 0 Å². The topological polar surface area (TPSA) is 73.6 Å². The van der Waals surface area contributed by atoms with E-state index in [0.717, 1.165) is 5.56 Å². The summed E-state index contributed by atoms with van der Waals surface area (Å²) in [5.41, 5.74) is 6.54. The van der Waals surface area contributed by atoms with Crippen molar-refractivity contribution in [3.8, 4) is 11.8 Å². The lowest BCUT2D eigenvalue weighted by atomic mass is 10.2. The molecule has 0 aliphatic rings. The molecule has 0 heterocycles. The molecule has 1 rings (SSSR count). The van der Waals surface area contributed by atoms with Crippen molar-refractivity contribution in [1.82, 2.24) is 0 Å². The Balaban J connectivity index is 2.59. The number of methoxy groups -OCH3 is 1. The molecule has 0 fully saturated rings. The van der Waals surface area contributed by atoms with E-state index in [-0.39, 0.29) is 19.1 Å². The minimum Gasteiger partial charge on any atom is -0.382 e. The van der Waals surface area contributed by atoms with Gasteiger partial charge < -0.3 is 20.5 Å². The molecule has 0 atom stereocenters. The maximum atomic E-state index is 11.7. The molecule has 0 aliphatic carbocycles. The first-order chi connectivity index (χ1) is 9.67. The van der Waals surface area contributed by atoms with Crippen LogP contribution in [-0.4, -0.2) is 39.4 Å². The van der Waals surface area contributed by atoms with Crippen molar-refractivity contribution in [1.29, 1.82) is 0 Å². The van der Waals surface area contributed by atoms with Gasteiger partial charge in [-0.15, -0.1) is 0 Å². The highest BCUT2D eigenvalue weighted by Crippen LogP contribution is 2.22. The Hall–Kier alpha value is -1.58. The van der Waals surface area contributed by atoms with Crippen molar-refractivity contribution >= 4 is 23.2 Å². The molecule has 0 bridgehead atoms. The monoisotopic (exact) mass is 296 g/mol. The number of rotatable bonds is 6. The van der Waals surface area contributed by atoms with Crippen LogP contribution in [0.1, 0.15) is 5.56 Å². The van der Waals surface area contributed by atoms with Crippen LogP contribution in [0.4, 0.5) is 5.69 Å². The van der Waals surface area contributed by atoms with Crippen LogP contribution in [0.5, 0.6) is 0 Å². The Morgan fingerprint density at radius 3 is 2.95 bits per heavy atom. The Morgan fingerprint density at radius 1 is 1.45 bits per heavy atom. The molecule has 0 saturated carbocycles. The fourth-order valence-corrected chi connectivity index (χ4v) is 1.51. The first-order valence-corrected chi connectivity index (χ1v) is 6.40. The molecule has 1 aromatic rings. The minimum absolute atomic E-state index is 0.0571. The van der Waals surface area contributed by atoms with Gasteiger partial charge in [-0.05, 0) is 18.2 Å². The average molecular weight is 297 g/mol. The number of anilines is 1. The van der Waals surface area contributed by atoms with Crippen molar-refractivity contribution in [2.24, 2.45) is 5.73 Å². The molecule has 3 N–H and O–H groups in total. The third-order valence-corrected chi connectivity index (χ3v) is 2.57. The van der Waals surface area contributed by atoms with Gasteiger partial charge in [0.05, 0.1) is 30.5 Å². The summed E-state index contributed by atoms with van der Waals surface area (Å²) in [6.45, 7) is 1.02. The summed E-state index contributed by atoms with van der Waals surface area (Å²) in [6.07, 6.45) is 0. The van der Waals surface area contributed by atoms with Crippen molar-refractivity contribution in [3.05, 3.63) is 28.8 Å². The van der Waals surface area contributed by atoms with Gasteiger partial charge in [0.1, 0.15) is 6.61 Å². The highest BCUT2D eigenvalue weighted by Gasteiger charge is 2.06. The summed E-state index contributed by atoms with van der Waals surface area (Å²) in [6, 6.07) is 5.12. The SMILES string of the molecule is COCCOCC(=O)Nc1cc(C#CCN)ccc1Cl. The second-order valence-corrected chi connectivity index (χ2v) is 4.20. The van der Waals surface area contributed by atoms with Crippen molar-refractivity contribution < 1.29 is 14.3 Å². The fraction of sp³-hybridized carbons (Fsp3) is 0.357. The highest BCUT2D eigenvalue weighted by molar-refractivity contribution is 6.33. The van der Waals surface area contributed by atoms with E-state index < -0.39 is 0 Å². The van der Waals surface area contributed by atoms with Crippen LogP contribution >= 0.6 is 11.6 Å². The van der Waals surface area contributed by atoms with E-state index in [9.17, 15) is 4.79 Å². The maximum absolute atomic E-state index is 11.7. The number of hydrogen-bond acceptors (Lipinski definition) is 4. The lowest BCUT2D eigenvalue weighted by Gasteiger charge is -2.08. The van der Waals surface area contributed by atoms with Crippen LogP contribution in [0.15, 0.2) is 18.2 Å².